The number of nitrogens with one attached hydrogen (secondary N) is 1. The third-order valence-electron chi connectivity index (χ3n) is 3.67. The molecule has 0 bridgehead atoms. The third kappa shape index (κ3) is 3.95. The first-order chi connectivity index (χ1) is 9.60. The Kier molecular flexibility index (Phi) is 5.40. The molecule has 20 heavy (non-hydrogen) atoms. The molecule has 0 aliphatic rings. The topological polar surface area (TPSA) is 28.4 Å². The van der Waals surface area contributed by atoms with Gasteiger partial charge in [-0.25, -0.2) is 0 Å². The molecule has 0 saturated heterocycles. The zero-order chi connectivity index (χ0) is 14.5. The van der Waals surface area contributed by atoms with Gasteiger partial charge in [0.05, 0.1) is 6.54 Å². The highest BCUT2D eigenvalue weighted by molar-refractivity contribution is 7.09. The molecule has 3 nitrogen and oxygen atoms in total. The number of aryl methyl sites for hydroxylation is 1. The highest BCUT2D eigenvalue weighted by Gasteiger charge is 2.14. The summed E-state index contributed by atoms with van der Waals surface area (Å²) < 4.78 is 5.75. The first-order valence-corrected chi connectivity index (χ1v) is 7.93. The van der Waals surface area contributed by atoms with Crippen LogP contribution in [-0.2, 0) is 19.5 Å². The van der Waals surface area contributed by atoms with Gasteiger partial charge in [-0.15, -0.1) is 11.3 Å². The van der Waals surface area contributed by atoms with Gasteiger partial charge in [0.25, 0.3) is 0 Å². The summed E-state index contributed by atoms with van der Waals surface area (Å²) in [7, 11) is 4.12. The predicted molar refractivity (Wildman–Crippen MR) is 85.2 cm³/mol. The quantitative estimate of drug-likeness (QED) is 0.847. The molecule has 2 aromatic rings. The van der Waals surface area contributed by atoms with E-state index >= 15 is 0 Å². The molecule has 0 saturated carbocycles. The average molecular weight is 292 g/mol. The Morgan fingerprint density at radius 2 is 2.25 bits per heavy atom. The Hall–Kier alpha value is -1.10. The van der Waals surface area contributed by atoms with E-state index in [2.05, 4.69) is 47.8 Å². The zero-order valence-corrected chi connectivity index (χ0v) is 13.6. The van der Waals surface area contributed by atoms with Gasteiger partial charge in [-0.1, -0.05) is 6.07 Å². The van der Waals surface area contributed by atoms with Gasteiger partial charge in [0.15, 0.2) is 0 Å². The zero-order valence-electron chi connectivity index (χ0n) is 12.8. The maximum absolute atomic E-state index is 5.75. The highest BCUT2D eigenvalue weighted by atomic mass is 32.1. The van der Waals surface area contributed by atoms with Gasteiger partial charge < -0.3 is 9.73 Å². The molecule has 0 spiro atoms. The van der Waals surface area contributed by atoms with Crippen LogP contribution in [0.5, 0.6) is 0 Å². The molecule has 4 heteroatoms. The molecule has 1 atom stereocenters. The number of rotatable bonds is 7. The van der Waals surface area contributed by atoms with Crippen LogP contribution >= 0.6 is 11.3 Å². The van der Waals surface area contributed by atoms with E-state index < -0.39 is 0 Å². The first-order valence-electron chi connectivity index (χ1n) is 7.05. The van der Waals surface area contributed by atoms with Gasteiger partial charge >= 0.3 is 0 Å². The minimum atomic E-state index is 0.524. The Bertz CT molecular complexity index is 519. The minimum absolute atomic E-state index is 0.524. The molecular formula is C16H24N2OS. The molecule has 1 N–H and O–H groups in total. The SMILES string of the molecule is CNCc1cc(CN(C)C(C)Cc2cccs2)c(C)o1. The van der Waals surface area contributed by atoms with Crippen molar-refractivity contribution >= 4 is 11.3 Å². The van der Waals surface area contributed by atoms with Gasteiger partial charge in [0, 0.05) is 23.0 Å². The van der Waals surface area contributed by atoms with E-state index in [0.717, 1.165) is 31.0 Å². The van der Waals surface area contributed by atoms with Crippen molar-refractivity contribution in [2.24, 2.45) is 0 Å². The molecular weight excluding hydrogens is 268 g/mol. The van der Waals surface area contributed by atoms with Crippen LogP contribution in [0.25, 0.3) is 0 Å². The fourth-order valence-corrected chi connectivity index (χ4v) is 3.13. The Morgan fingerprint density at radius 3 is 2.90 bits per heavy atom. The summed E-state index contributed by atoms with van der Waals surface area (Å²) in [6.07, 6.45) is 1.11. The van der Waals surface area contributed by atoms with Crippen LogP contribution in [0, 0.1) is 6.92 Å². The predicted octanol–water partition coefficient (Wildman–Crippen LogP) is 3.43. The van der Waals surface area contributed by atoms with Crippen molar-refractivity contribution in [3.8, 4) is 0 Å². The lowest BCUT2D eigenvalue weighted by Crippen LogP contribution is -2.30. The molecule has 0 aromatic carbocycles. The van der Waals surface area contributed by atoms with Crippen LogP contribution < -0.4 is 5.32 Å². The molecule has 0 fully saturated rings. The lowest BCUT2D eigenvalue weighted by molar-refractivity contribution is 0.247. The standard InChI is InChI=1S/C16H24N2OS/c1-12(8-16-6-5-7-20-16)18(4)11-14-9-15(10-17-3)19-13(14)2/h5-7,9,12,17H,8,10-11H2,1-4H3. The van der Waals surface area contributed by atoms with Crippen molar-refractivity contribution < 1.29 is 4.42 Å². The number of likely N-dealkylation sites (N-methyl/N-ethyl adjacent to an activating group) is 1. The summed E-state index contributed by atoms with van der Waals surface area (Å²) in [4.78, 5) is 3.84. The second-order valence-corrected chi connectivity index (χ2v) is 6.40. The fraction of sp³-hybridized carbons (Fsp3) is 0.500. The van der Waals surface area contributed by atoms with Crippen LogP contribution in [0.3, 0.4) is 0 Å². The van der Waals surface area contributed by atoms with Gasteiger partial charge in [-0.2, -0.15) is 0 Å². The maximum atomic E-state index is 5.75. The highest BCUT2D eigenvalue weighted by Crippen LogP contribution is 2.19. The van der Waals surface area contributed by atoms with Crippen molar-refractivity contribution in [3.05, 3.63) is 45.5 Å². The van der Waals surface area contributed by atoms with Crippen LogP contribution in [0.15, 0.2) is 28.0 Å². The summed E-state index contributed by atoms with van der Waals surface area (Å²) >= 11 is 1.84. The van der Waals surface area contributed by atoms with E-state index in [9.17, 15) is 0 Å². The van der Waals surface area contributed by atoms with Crippen molar-refractivity contribution in [2.75, 3.05) is 14.1 Å². The van der Waals surface area contributed by atoms with Gasteiger partial charge in [-0.05, 0) is 51.9 Å². The van der Waals surface area contributed by atoms with Gasteiger partial charge in [-0.3, -0.25) is 4.90 Å². The number of thiophene rings is 1. The maximum Gasteiger partial charge on any atom is 0.118 e. The van der Waals surface area contributed by atoms with Crippen molar-refractivity contribution in [1.29, 1.82) is 0 Å². The van der Waals surface area contributed by atoms with Crippen molar-refractivity contribution in [3.63, 3.8) is 0 Å². The summed E-state index contributed by atoms with van der Waals surface area (Å²) in [5.74, 6) is 2.05. The molecule has 0 aliphatic heterocycles. The largest absolute Gasteiger partial charge is 0.465 e. The van der Waals surface area contributed by atoms with Crippen LogP contribution in [0.2, 0.25) is 0 Å². The molecule has 0 amide bonds. The molecule has 110 valence electrons. The first kappa shape index (κ1) is 15.3. The van der Waals surface area contributed by atoms with E-state index in [-0.39, 0.29) is 0 Å². The van der Waals surface area contributed by atoms with E-state index in [0.29, 0.717) is 6.04 Å². The van der Waals surface area contributed by atoms with Crippen molar-refractivity contribution in [1.82, 2.24) is 10.2 Å². The minimum Gasteiger partial charge on any atom is -0.465 e. The number of hydrogen-bond acceptors (Lipinski definition) is 4. The molecule has 0 aliphatic carbocycles. The lowest BCUT2D eigenvalue weighted by Gasteiger charge is -2.24. The molecule has 1 unspecified atom stereocenters. The summed E-state index contributed by atoms with van der Waals surface area (Å²) in [5.41, 5.74) is 1.29. The van der Waals surface area contributed by atoms with E-state index in [1.807, 2.05) is 25.3 Å². The Labute approximate surface area is 125 Å². The number of nitrogens with zero attached hydrogens (tertiary/aromatic N) is 1. The molecule has 2 rings (SSSR count). The normalized spacial score (nSPS) is 13.1. The summed E-state index contributed by atoms with van der Waals surface area (Å²) in [5, 5.41) is 5.27. The van der Waals surface area contributed by atoms with E-state index in [1.54, 1.807) is 0 Å². The number of furan rings is 1. The van der Waals surface area contributed by atoms with Gasteiger partial charge in [0.1, 0.15) is 11.5 Å². The Morgan fingerprint density at radius 1 is 1.45 bits per heavy atom. The molecule has 2 aromatic heterocycles. The summed E-state index contributed by atoms with van der Waals surface area (Å²) in [6.45, 7) is 6.05. The average Bonchev–Trinajstić information content (AvgIpc) is 3.01. The smallest absolute Gasteiger partial charge is 0.118 e. The van der Waals surface area contributed by atoms with E-state index in [4.69, 9.17) is 4.42 Å². The Balaban J connectivity index is 1.94. The van der Waals surface area contributed by atoms with Crippen LogP contribution in [0.1, 0.15) is 28.9 Å². The third-order valence-corrected chi connectivity index (χ3v) is 4.57. The van der Waals surface area contributed by atoms with Gasteiger partial charge in [0.2, 0.25) is 0 Å². The second kappa shape index (κ2) is 7.07. The van der Waals surface area contributed by atoms with E-state index in [1.165, 1.54) is 10.4 Å². The lowest BCUT2D eigenvalue weighted by atomic mass is 10.1. The molecule has 0 radical (unpaired) electrons. The number of hydrogen-bond donors (Lipinski definition) is 1. The fourth-order valence-electron chi connectivity index (χ4n) is 2.31. The second-order valence-electron chi connectivity index (χ2n) is 5.37. The molecule has 2 heterocycles. The van der Waals surface area contributed by atoms with Crippen molar-refractivity contribution in [2.45, 2.75) is 39.4 Å². The van der Waals surface area contributed by atoms with Crippen LogP contribution in [-0.4, -0.2) is 25.0 Å². The van der Waals surface area contributed by atoms with Crippen LogP contribution in [0.4, 0.5) is 0 Å². The monoisotopic (exact) mass is 292 g/mol. The summed E-state index contributed by atoms with van der Waals surface area (Å²) in [6, 6.07) is 7.02.